The van der Waals surface area contributed by atoms with Crippen molar-refractivity contribution in [3.8, 4) is 0 Å². The van der Waals surface area contributed by atoms with Crippen LogP contribution in [0, 0.1) is 19.8 Å². The zero-order valence-electron chi connectivity index (χ0n) is 17.9. The molecular formula is C22H30N2O3S2. The van der Waals surface area contributed by atoms with E-state index in [-0.39, 0.29) is 22.8 Å². The van der Waals surface area contributed by atoms with Gasteiger partial charge in [0.2, 0.25) is 15.9 Å². The van der Waals surface area contributed by atoms with Gasteiger partial charge in [-0.2, -0.15) is 0 Å². The van der Waals surface area contributed by atoms with Gasteiger partial charge in [0.1, 0.15) is 0 Å². The van der Waals surface area contributed by atoms with Gasteiger partial charge >= 0.3 is 0 Å². The molecule has 2 aromatic rings. The van der Waals surface area contributed by atoms with Crippen LogP contribution in [0.4, 0.5) is 5.69 Å². The van der Waals surface area contributed by atoms with Gasteiger partial charge in [0.25, 0.3) is 0 Å². The van der Waals surface area contributed by atoms with Crippen LogP contribution in [0.3, 0.4) is 0 Å². The average Bonchev–Trinajstić information content (AvgIpc) is 2.68. The van der Waals surface area contributed by atoms with E-state index in [4.69, 9.17) is 0 Å². The van der Waals surface area contributed by atoms with Crippen LogP contribution in [-0.2, 0) is 14.8 Å². The number of anilines is 1. The second-order valence-corrected chi connectivity index (χ2v) is 9.99. The molecule has 158 valence electrons. The molecule has 0 unspecified atom stereocenters. The van der Waals surface area contributed by atoms with E-state index in [1.165, 1.54) is 23.4 Å². The molecule has 29 heavy (non-hydrogen) atoms. The Morgan fingerprint density at radius 3 is 2.31 bits per heavy atom. The number of rotatable bonds is 8. The minimum atomic E-state index is -3.76. The van der Waals surface area contributed by atoms with Gasteiger partial charge in [-0.3, -0.25) is 4.79 Å². The summed E-state index contributed by atoms with van der Waals surface area (Å²) >= 11 is 1.46. The molecule has 0 aromatic heterocycles. The number of carbonyl (C=O) groups excluding carboxylic acids is 1. The molecule has 0 aliphatic rings. The van der Waals surface area contributed by atoms with Crippen LogP contribution >= 0.6 is 11.8 Å². The zero-order chi connectivity index (χ0) is 21.8. The third-order valence-corrected chi connectivity index (χ3v) is 7.17. The van der Waals surface area contributed by atoms with Crippen LogP contribution in [0.25, 0.3) is 0 Å². The van der Waals surface area contributed by atoms with Crippen molar-refractivity contribution in [3.63, 3.8) is 0 Å². The molecule has 0 bridgehead atoms. The van der Waals surface area contributed by atoms with Gasteiger partial charge in [0, 0.05) is 16.9 Å². The Hall–Kier alpha value is -1.83. The van der Waals surface area contributed by atoms with Crippen molar-refractivity contribution >= 4 is 33.4 Å². The molecule has 0 spiro atoms. The smallest absolute Gasteiger partial charge is 0.241 e. The van der Waals surface area contributed by atoms with E-state index in [1.807, 2.05) is 45.2 Å². The fourth-order valence-corrected chi connectivity index (χ4v) is 4.72. The molecule has 5 nitrogen and oxygen atoms in total. The van der Waals surface area contributed by atoms with Crippen molar-refractivity contribution in [1.82, 2.24) is 4.72 Å². The number of hydrogen-bond donors (Lipinski definition) is 2. The molecule has 2 N–H and O–H groups in total. The summed E-state index contributed by atoms with van der Waals surface area (Å²) in [5.74, 6) is -0.346. The molecule has 0 heterocycles. The highest BCUT2D eigenvalue weighted by Gasteiger charge is 2.22. The first-order valence-corrected chi connectivity index (χ1v) is 12.4. The molecule has 0 saturated heterocycles. The van der Waals surface area contributed by atoms with Gasteiger partial charge in [0.15, 0.2) is 0 Å². The molecule has 0 aliphatic carbocycles. The summed E-state index contributed by atoms with van der Waals surface area (Å²) in [5, 5.41) is 2.83. The highest BCUT2D eigenvalue weighted by Crippen LogP contribution is 2.30. The number of amides is 1. The lowest BCUT2D eigenvalue weighted by Crippen LogP contribution is -2.28. The Labute approximate surface area is 178 Å². The van der Waals surface area contributed by atoms with Gasteiger partial charge in [-0.25, -0.2) is 13.1 Å². The number of thioether (sulfide) groups is 1. The maximum Gasteiger partial charge on any atom is 0.241 e. The van der Waals surface area contributed by atoms with Crippen LogP contribution in [0.2, 0.25) is 0 Å². The van der Waals surface area contributed by atoms with E-state index < -0.39 is 10.0 Å². The average molecular weight is 435 g/mol. The maximum absolute atomic E-state index is 13.1. The van der Waals surface area contributed by atoms with Crippen molar-refractivity contribution in [3.05, 3.63) is 53.1 Å². The summed E-state index contributed by atoms with van der Waals surface area (Å²) in [5.41, 5.74) is 3.75. The Morgan fingerprint density at radius 2 is 1.76 bits per heavy atom. The minimum absolute atomic E-state index is 0.136. The highest BCUT2D eigenvalue weighted by atomic mass is 32.2. The molecule has 7 heteroatoms. The normalized spacial score (nSPS) is 12.8. The zero-order valence-corrected chi connectivity index (χ0v) is 19.5. The number of hydrogen-bond acceptors (Lipinski definition) is 4. The Bertz CT molecular complexity index is 986. The highest BCUT2D eigenvalue weighted by molar-refractivity contribution is 7.98. The Morgan fingerprint density at radius 1 is 1.07 bits per heavy atom. The van der Waals surface area contributed by atoms with E-state index in [9.17, 15) is 13.2 Å². The second kappa shape index (κ2) is 9.78. The van der Waals surface area contributed by atoms with E-state index in [2.05, 4.69) is 10.0 Å². The van der Waals surface area contributed by atoms with E-state index >= 15 is 0 Å². The van der Waals surface area contributed by atoms with Crippen LogP contribution in [0.15, 0.2) is 46.2 Å². The quantitative estimate of drug-likeness (QED) is 0.570. The summed E-state index contributed by atoms with van der Waals surface area (Å²) in [6.07, 6.45) is 2.52. The van der Waals surface area contributed by atoms with Crippen LogP contribution in [0.5, 0.6) is 0 Å². The lowest BCUT2D eigenvalue weighted by atomic mass is 10.0. The first kappa shape index (κ1) is 23.4. The summed E-state index contributed by atoms with van der Waals surface area (Å²) < 4.78 is 29.0. The predicted octanol–water partition coefficient (Wildman–Crippen LogP) is 5.05. The molecule has 0 aliphatic heterocycles. The summed E-state index contributed by atoms with van der Waals surface area (Å²) in [4.78, 5) is 13.1. The Balaban J connectivity index is 2.35. The van der Waals surface area contributed by atoms with Crippen LogP contribution in [0.1, 0.15) is 49.9 Å². The van der Waals surface area contributed by atoms with Crippen molar-refractivity contribution in [2.45, 2.75) is 56.9 Å². The third-order valence-electron chi connectivity index (χ3n) is 4.90. The van der Waals surface area contributed by atoms with Gasteiger partial charge in [0.05, 0.1) is 10.6 Å². The summed E-state index contributed by atoms with van der Waals surface area (Å²) in [7, 11) is -3.76. The first-order valence-electron chi connectivity index (χ1n) is 9.67. The fourth-order valence-electron chi connectivity index (χ4n) is 2.85. The summed E-state index contributed by atoms with van der Waals surface area (Å²) in [6, 6.07) is 10.5. The molecule has 0 saturated carbocycles. The fraction of sp³-hybridized carbons (Fsp3) is 0.409. The predicted molar refractivity (Wildman–Crippen MR) is 121 cm³/mol. The molecule has 2 aromatic carbocycles. The maximum atomic E-state index is 13.1. The van der Waals surface area contributed by atoms with Crippen molar-refractivity contribution in [2.24, 2.45) is 5.92 Å². The number of sulfonamides is 1. The van der Waals surface area contributed by atoms with E-state index in [0.717, 1.165) is 16.0 Å². The number of benzene rings is 2. The molecule has 1 amide bonds. The SMILES string of the molecule is CC[C@H](NS(=O)(=O)c1ccc(SC)c(NC(=O)C(C)C)c1)c1ccc(C)c(C)c1. The topological polar surface area (TPSA) is 75.3 Å². The Kier molecular flexibility index (Phi) is 7.91. The van der Waals surface area contributed by atoms with Crippen LogP contribution < -0.4 is 10.0 Å². The molecule has 0 radical (unpaired) electrons. The minimum Gasteiger partial charge on any atom is -0.325 e. The van der Waals surface area contributed by atoms with E-state index in [1.54, 1.807) is 26.0 Å². The summed E-state index contributed by atoms with van der Waals surface area (Å²) in [6.45, 7) is 9.60. The molecular weight excluding hydrogens is 404 g/mol. The number of nitrogens with one attached hydrogen (secondary N) is 2. The van der Waals surface area contributed by atoms with Crippen molar-refractivity contribution in [2.75, 3.05) is 11.6 Å². The van der Waals surface area contributed by atoms with Gasteiger partial charge in [-0.1, -0.05) is 39.0 Å². The van der Waals surface area contributed by atoms with Crippen molar-refractivity contribution < 1.29 is 13.2 Å². The monoisotopic (exact) mass is 434 g/mol. The molecule has 1 atom stereocenters. The molecule has 2 rings (SSSR count). The number of aryl methyl sites for hydroxylation is 2. The van der Waals surface area contributed by atoms with Gasteiger partial charge in [-0.05, 0) is 61.4 Å². The van der Waals surface area contributed by atoms with E-state index in [0.29, 0.717) is 12.1 Å². The van der Waals surface area contributed by atoms with Crippen LogP contribution in [-0.4, -0.2) is 20.6 Å². The standard InChI is InChI=1S/C22H30N2O3S2/c1-7-19(17-9-8-15(4)16(5)12-17)24-29(26,27)18-10-11-21(28-6)20(13-18)23-22(25)14(2)3/h8-14,19,24H,7H2,1-6H3,(H,23,25)/t19-/m0/s1. The largest absolute Gasteiger partial charge is 0.325 e. The van der Waals surface area contributed by atoms with Gasteiger partial charge < -0.3 is 5.32 Å². The van der Waals surface area contributed by atoms with Crippen molar-refractivity contribution in [1.29, 1.82) is 0 Å². The number of carbonyl (C=O) groups is 1. The third kappa shape index (κ3) is 5.84. The van der Waals surface area contributed by atoms with Gasteiger partial charge in [-0.15, -0.1) is 11.8 Å². The second-order valence-electron chi connectivity index (χ2n) is 7.43. The lowest BCUT2D eigenvalue weighted by Gasteiger charge is -2.19. The molecule has 0 fully saturated rings. The first-order chi connectivity index (χ1) is 13.6. The lowest BCUT2D eigenvalue weighted by molar-refractivity contribution is -0.118.